The highest BCUT2D eigenvalue weighted by molar-refractivity contribution is 7.46. The Labute approximate surface area is 80.8 Å². The zero-order chi connectivity index (χ0) is 11.3. The molecule has 1 radical (unpaired) electrons. The van der Waals surface area contributed by atoms with Crippen LogP contribution in [-0.2, 0) is 9.36 Å². The summed E-state index contributed by atoms with van der Waals surface area (Å²) in [5.41, 5.74) is -1.17. The van der Waals surface area contributed by atoms with E-state index in [9.17, 15) is 9.36 Å². The summed E-state index contributed by atoms with van der Waals surface area (Å²) in [6.45, 7) is -0.835. The summed E-state index contributed by atoms with van der Waals surface area (Å²) in [5.74, 6) is 0. The van der Waals surface area contributed by atoms with Crippen molar-refractivity contribution in [3.8, 4) is 0 Å². The second-order valence-electron chi connectivity index (χ2n) is 2.64. The highest BCUT2D eigenvalue weighted by Crippen LogP contribution is 2.10. The standard InChI is InChI=1S/C6H12O7P/c7-1-2(8)3(9)4(10)5(11)6(12)14-13/h2-5,7-11,14H,1H2/t2-,3-,4+,5-/m1/s1. The molecule has 0 aliphatic carbocycles. The largest absolute Gasteiger partial charge is 0.394 e. The fourth-order valence-electron chi connectivity index (χ4n) is 0.738. The predicted molar refractivity (Wildman–Crippen MR) is 45.1 cm³/mol. The van der Waals surface area contributed by atoms with Crippen molar-refractivity contribution in [2.45, 2.75) is 24.4 Å². The van der Waals surface area contributed by atoms with Crippen LogP contribution in [-0.4, -0.2) is 62.1 Å². The highest BCUT2D eigenvalue weighted by atomic mass is 31.1. The maximum Gasteiger partial charge on any atom is 0.239 e. The van der Waals surface area contributed by atoms with Crippen LogP contribution in [0.25, 0.3) is 0 Å². The van der Waals surface area contributed by atoms with Gasteiger partial charge in [0.1, 0.15) is 26.8 Å². The molecular weight excluding hydrogens is 215 g/mol. The monoisotopic (exact) mass is 227 g/mol. The molecule has 0 amide bonds. The molecule has 0 saturated carbocycles. The van der Waals surface area contributed by atoms with Crippen molar-refractivity contribution in [1.29, 1.82) is 0 Å². The summed E-state index contributed by atoms with van der Waals surface area (Å²) in [4.78, 5) is 10.6. The van der Waals surface area contributed by atoms with Crippen molar-refractivity contribution in [3.05, 3.63) is 0 Å². The molecule has 8 heteroatoms. The summed E-state index contributed by atoms with van der Waals surface area (Å²) >= 11 is 0. The topological polar surface area (TPSA) is 135 Å². The van der Waals surface area contributed by atoms with Crippen LogP contribution in [0.1, 0.15) is 0 Å². The van der Waals surface area contributed by atoms with Gasteiger partial charge in [-0.25, -0.2) is 0 Å². The number of rotatable bonds is 6. The van der Waals surface area contributed by atoms with Crippen molar-refractivity contribution in [1.82, 2.24) is 0 Å². The van der Waals surface area contributed by atoms with Gasteiger partial charge in [-0.3, -0.25) is 9.36 Å². The van der Waals surface area contributed by atoms with E-state index in [1.54, 1.807) is 0 Å². The maximum atomic E-state index is 10.6. The maximum absolute atomic E-state index is 10.6. The van der Waals surface area contributed by atoms with E-state index in [2.05, 4.69) is 0 Å². The summed E-state index contributed by atoms with van der Waals surface area (Å²) in [5, 5.41) is 44.3. The van der Waals surface area contributed by atoms with Crippen LogP contribution < -0.4 is 0 Å². The molecule has 5 atom stereocenters. The number of carbonyl (C=O) groups is 1. The van der Waals surface area contributed by atoms with Gasteiger partial charge in [0.2, 0.25) is 5.52 Å². The van der Waals surface area contributed by atoms with Gasteiger partial charge in [-0.1, -0.05) is 0 Å². The average Bonchev–Trinajstić information content (AvgIpc) is 2.23. The summed E-state index contributed by atoms with van der Waals surface area (Å²) < 4.78 is 10.1. The Morgan fingerprint density at radius 3 is 2.00 bits per heavy atom. The molecular formula is C6H12O7P. The van der Waals surface area contributed by atoms with E-state index in [0.717, 1.165) is 0 Å². The molecule has 5 N–H and O–H groups in total. The van der Waals surface area contributed by atoms with Gasteiger partial charge in [-0.2, -0.15) is 0 Å². The number of aliphatic hydroxyl groups excluding tert-OH is 5. The lowest BCUT2D eigenvalue weighted by Gasteiger charge is -2.23. The number of carbonyl (C=O) groups excluding carboxylic acids is 1. The van der Waals surface area contributed by atoms with Gasteiger partial charge in [0, 0.05) is 0 Å². The van der Waals surface area contributed by atoms with Crippen molar-refractivity contribution >= 4 is 14.0 Å². The third-order valence-corrected chi connectivity index (χ3v) is 2.12. The Hall–Kier alpha value is -0.430. The Morgan fingerprint density at radius 1 is 1.14 bits per heavy atom. The lowest BCUT2D eigenvalue weighted by atomic mass is 10.0. The molecule has 0 bridgehead atoms. The molecule has 0 aromatic carbocycles. The molecule has 14 heavy (non-hydrogen) atoms. The molecule has 0 fully saturated rings. The number of hydrogen-bond donors (Lipinski definition) is 5. The predicted octanol–water partition coefficient (Wildman–Crippen LogP) is -3.03. The summed E-state index contributed by atoms with van der Waals surface area (Å²) in [7, 11) is -1.46. The van der Waals surface area contributed by atoms with E-state index < -0.39 is 45.0 Å². The fraction of sp³-hybridized carbons (Fsp3) is 0.833. The molecule has 1 unspecified atom stereocenters. The molecule has 0 heterocycles. The summed E-state index contributed by atoms with van der Waals surface area (Å²) in [6.07, 6.45) is -7.58. The van der Waals surface area contributed by atoms with Crippen molar-refractivity contribution in [2.24, 2.45) is 0 Å². The molecule has 0 aliphatic rings. The summed E-state index contributed by atoms with van der Waals surface area (Å²) in [6, 6.07) is 0. The Bertz CT molecular complexity index is 208. The van der Waals surface area contributed by atoms with Gasteiger partial charge in [0.05, 0.1) is 6.61 Å². The van der Waals surface area contributed by atoms with Gasteiger partial charge < -0.3 is 25.5 Å². The average molecular weight is 227 g/mol. The molecule has 0 aliphatic heterocycles. The first-order valence-corrected chi connectivity index (χ1v) is 4.61. The van der Waals surface area contributed by atoms with E-state index in [-0.39, 0.29) is 0 Å². The van der Waals surface area contributed by atoms with Gasteiger partial charge in [0.25, 0.3) is 0 Å². The minimum atomic E-state index is -2.04. The zero-order valence-electron chi connectivity index (χ0n) is 7.07. The number of aliphatic hydroxyl groups is 5. The third-order valence-electron chi connectivity index (χ3n) is 1.62. The molecule has 83 valence electrons. The smallest absolute Gasteiger partial charge is 0.239 e. The first kappa shape index (κ1) is 13.6. The van der Waals surface area contributed by atoms with E-state index in [0.29, 0.717) is 0 Å². The van der Waals surface area contributed by atoms with Crippen LogP contribution in [0.5, 0.6) is 0 Å². The third kappa shape index (κ3) is 3.38. The van der Waals surface area contributed by atoms with Crippen LogP contribution in [0.2, 0.25) is 0 Å². The van der Waals surface area contributed by atoms with Crippen molar-refractivity contribution in [2.75, 3.05) is 6.61 Å². The van der Waals surface area contributed by atoms with Crippen LogP contribution in [0, 0.1) is 0 Å². The van der Waals surface area contributed by atoms with Gasteiger partial charge in [-0.05, 0) is 0 Å². The van der Waals surface area contributed by atoms with Crippen LogP contribution in [0.3, 0.4) is 0 Å². The molecule has 0 saturated heterocycles. The molecule has 0 aromatic heterocycles. The quantitative estimate of drug-likeness (QED) is 0.304. The Morgan fingerprint density at radius 2 is 1.64 bits per heavy atom. The second kappa shape index (κ2) is 6.13. The SMILES string of the molecule is O=[PH]C(=O)[C@H](O)[C@@H](O)[C@H](O)[C@H](O)CO. The van der Waals surface area contributed by atoms with Crippen LogP contribution >= 0.6 is 8.46 Å². The van der Waals surface area contributed by atoms with Gasteiger partial charge in [0.15, 0.2) is 6.10 Å². The lowest BCUT2D eigenvalue weighted by Crippen LogP contribution is -2.47. The first-order chi connectivity index (χ1) is 6.45. The van der Waals surface area contributed by atoms with E-state index >= 15 is 0 Å². The van der Waals surface area contributed by atoms with E-state index in [4.69, 9.17) is 25.5 Å². The Kier molecular flexibility index (Phi) is 5.94. The van der Waals surface area contributed by atoms with Crippen LogP contribution in [0.15, 0.2) is 0 Å². The fourth-order valence-corrected chi connectivity index (χ4v) is 1.03. The van der Waals surface area contributed by atoms with E-state index in [1.807, 2.05) is 0 Å². The number of hydrogen-bond acceptors (Lipinski definition) is 7. The van der Waals surface area contributed by atoms with Gasteiger partial charge >= 0.3 is 0 Å². The van der Waals surface area contributed by atoms with Crippen molar-refractivity contribution in [3.63, 3.8) is 0 Å². The molecule has 0 aromatic rings. The minimum absolute atomic E-state index is 0.835. The molecule has 0 rings (SSSR count). The lowest BCUT2D eigenvalue weighted by molar-refractivity contribution is -0.139. The van der Waals surface area contributed by atoms with Crippen LogP contribution in [0.4, 0.5) is 0 Å². The minimum Gasteiger partial charge on any atom is -0.394 e. The second-order valence-corrected chi connectivity index (χ2v) is 3.34. The van der Waals surface area contributed by atoms with Crippen molar-refractivity contribution < 1.29 is 34.9 Å². The zero-order valence-corrected chi connectivity index (χ0v) is 8.07. The highest BCUT2D eigenvalue weighted by Gasteiger charge is 2.33. The first-order valence-electron chi connectivity index (χ1n) is 3.70. The normalized spacial score (nSPS) is 20.1. The molecule has 7 nitrogen and oxygen atoms in total. The van der Waals surface area contributed by atoms with E-state index in [1.165, 1.54) is 0 Å². The Balaban J connectivity index is 4.37. The van der Waals surface area contributed by atoms with Gasteiger partial charge in [-0.15, -0.1) is 0 Å². The molecule has 0 spiro atoms.